The van der Waals surface area contributed by atoms with Crippen LogP contribution in [0.1, 0.15) is 45.9 Å². The van der Waals surface area contributed by atoms with Crippen molar-refractivity contribution in [3.63, 3.8) is 0 Å². The highest BCUT2D eigenvalue weighted by Crippen LogP contribution is 2.32. The summed E-state index contributed by atoms with van der Waals surface area (Å²) in [5.41, 5.74) is 4.75. The van der Waals surface area contributed by atoms with Crippen LogP contribution in [0.2, 0.25) is 0 Å². The average molecular weight is 405 g/mol. The first-order chi connectivity index (χ1) is 14.6. The summed E-state index contributed by atoms with van der Waals surface area (Å²) >= 11 is 0. The Morgan fingerprint density at radius 1 is 1.17 bits per heavy atom. The van der Waals surface area contributed by atoms with Crippen LogP contribution >= 0.6 is 0 Å². The Bertz CT molecular complexity index is 1030. The third-order valence-corrected chi connectivity index (χ3v) is 5.58. The molecule has 0 atom stereocenters. The number of amides is 1. The van der Waals surface area contributed by atoms with E-state index in [4.69, 9.17) is 4.74 Å². The predicted molar refractivity (Wildman–Crippen MR) is 117 cm³/mol. The van der Waals surface area contributed by atoms with E-state index in [0.29, 0.717) is 18.2 Å². The highest BCUT2D eigenvalue weighted by molar-refractivity contribution is 5.96. The van der Waals surface area contributed by atoms with Crippen LogP contribution in [0, 0.1) is 0 Å². The smallest absolute Gasteiger partial charge is 0.270 e. The van der Waals surface area contributed by atoms with Gasteiger partial charge in [0.05, 0.1) is 5.52 Å². The van der Waals surface area contributed by atoms with Gasteiger partial charge in [0.15, 0.2) is 0 Å². The van der Waals surface area contributed by atoms with Crippen molar-refractivity contribution in [2.24, 2.45) is 0 Å². The van der Waals surface area contributed by atoms with E-state index < -0.39 is 0 Å². The fourth-order valence-corrected chi connectivity index (χ4v) is 4.05. The Balaban J connectivity index is 1.58. The summed E-state index contributed by atoms with van der Waals surface area (Å²) in [6.07, 6.45) is 5.48. The fraction of sp³-hybridized carbons (Fsp3) is 0.375. The second-order valence-corrected chi connectivity index (χ2v) is 8.07. The highest BCUT2D eigenvalue weighted by atomic mass is 16.5. The molecule has 3 aromatic rings. The van der Waals surface area contributed by atoms with E-state index in [1.165, 1.54) is 5.56 Å². The lowest BCUT2D eigenvalue weighted by molar-refractivity contribution is 0.0855. The van der Waals surface area contributed by atoms with Crippen molar-refractivity contribution in [1.82, 2.24) is 20.2 Å². The van der Waals surface area contributed by atoms with Gasteiger partial charge in [0.2, 0.25) is 0 Å². The average Bonchev–Trinajstić information content (AvgIpc) is 2.77. The third-order valence-electron chi connectivity index (χ3n) is 5.58. The monoisotopic (exact) mass is 404 g/mol. The zero-order valence-electron chi connectivity index (χ0n) is 17.6. The molecular formula is C24H28N4O2. The number of carbonyl (C=O) groups is 1. The molecule has 0 aliphatic carbocycles. The molecule has 1 fully saturated rings. The summed E-state index contributed by atoms with van der Waals surface area (Å²) in [7, 11) is 4.09. The normalized spacial score (nSPS) is 14.9. The molecule has 0 spiro atoms. The van der Waals surface area contributed by atoms with Crippen molar-refractivity contribution in [1.29, 1.82) is 0 Å². The maximum Gasteiger partial charge on any atom is 0.270 e. The van der Waals surface area contributed by atoms with Crippen LogP contribution in [-0.2, 0) is 17.8 Å². The van der Waals surface area contributed by atoms with Gasteiger partial charge < -0.3 is 15.0 Å². The Morgan fingerprint density at radius 2 is 1.93 bits per heavy atom. The number of nitrogens with one attached hydrogen (secondary N) is 1. The standard InChI is InChI=1S/C24H28N4O2/c1-28(2)16-19-6-4-3-5-18(19)14-26-24(29)23-13-20(17-8-11-30-12-9-17)21-15-25-10-7-22(21)27-23/h3-7,10,13,15,17H,8-9,11-12,14,16H2,1-2H3,(H,26,29). The zero-order valence-corrected chi connectivity index (χ0v) is 17.6. The summed E-state index contributed by atoms with van der Waals surface area (Å²) in [6, 6.07) is 12.0. The molecule has 156 valence electrons. The van der Waals surface area contributed by atoms with E-state index >= 15 is 0 Å². The number of fused-ring (bicyclic) bond motifs is 1. The first-order valence-corrected chi connectivity index (χ1v) is 10.4. The lowest BCUT2D eigenvalue weighted by atomic mass is 9.89. The fourth-order valence-electron chi connectivity index (χ4n) is 4.05. The molecule has 30 heavy (non-hydrogen) atoms. The number of pyridine rings is 2. The van der Waals surface area contributed by atoms with Gasteiger partial charge in [-0.1, -0.05) is 24.3 Å². The van der Waals surface area contributed by atoms with E-state index in [-0.39, 0.29) is 5.91 Å². The Kier molecular flexibility index (Phi) is 6.35. The van der Waals surface area contributed by atoms with Gasteiger partial charge in [0, 0.05) is 44.1 Å². The quantitative estimate of drug-likeness (QED) is 0.681. The van der Waals surface area contributed by atoms with Crippen molar-refractivity contribution in [2.45, 2.75) is 31.8 Å². The van der Waals surface area contributed by atoms with Crippen molar-refractivity contribution in [3.05, 3.63) is 71.2 Å². The van der Waals surface area contributed by atoms with Crippen LogP contribution in [0.3, 0.4) is 0 Å². The number of aromatic nitrogens is 2. The van der Waals surface area contributed by atoms with Gasteiger partial charge in [-0.3, -0.25) is 9.78 Å². The minimum absolute atomic E-state index is 0.151. The lowest BCUT2D eigenvalue weighted by Crippen LogP contribution is -2.25. The second-order valence-electron chi connectivity index (χ2n) is 8.07. The molecule has 0 radical (unpaired) electrons. The number of rotatable bonds is 6. The van der Waals surface area contributed by atoms with Crippen molar-refractivity contribution < 1.29 is 9.53 Å². The summed E-state index contributed by atoms with van der Waals surface area (Å²) in [6.45, 7) is 2.81. The molecule has 1 N–H and O–H groups in total. The van der Waals surface area contributed by atoms with Gasteiger partial charge in [-0.15, -0.1) is 0 Å². The molecule has 1 saturated heterocycles. The number of hydrogen-bond donors (Lipinski definition) is 1. The SMILES string of the molecule is CN(C)Cc1ccccc1CNC(=O)c1cc(C2CCOCC2)c2cnccc2n1. The topological polar surface area (TPSA) is 67.4 Å². The molecule has 2 aromatic heterocycles. The second kappa shape index (κ2) is 9.32. The zero-order chi connectivity index (χ0) is 20.9. The van der Waals surface area contributed by atoms with Gasteiger partial charge in [0.1, 0.15) is 5.69 Å². The maximum absolute atomic E-state index is 13.0. The third kappa shape index (κ3) is 4.66. The van der Waals surface area contributed by atoms with E-state index in [9.17, 15) is 4.79 Å². The van der Waals surface area contributed by atoms with Crippen LogP contribution < -0.4 is 5.32 Å². The Morgan fingerprint density at radius 3 is 2.70 bits per heavy atom. The van der Waals surface area contributed by atoms with Gasteiger partial charge in [-0.2, -0.15) is 0 Å². The molecule has 3 heterocycles. The molecule has 0 unspecified atom stereocenters. The van der Waals surface area contributed by atoms with Crippen LogP contribution in [0.25, 0.3) is 10.9 Å². The summed E-state index contributed by atoms with van der Waals surface area (Å²) in [5.74, 6) is 0.211. The Labute approximate surface area is 177 Å². The van der Waals surface area contributed by atoms with E-state index in [2.05, 4.69) is 32.3 Å². The number of ether oxygens (including phenoxy) is 1. The lowest BCUT2D eigenvalue weighted by Gasteiger charge is -2.24. The maximum atomic E-state index is 13.0. The highest BCUT2D eigenvalue weighted by Gasteiger charge is 2.21. The van der Waals surface area contributed by atoms with Crippen molar-refractivity contribution in [2.75, 3.05) is 27.3 Å². The summed E-state index contributed by atoms with van der Waals surface area (Å²) in [5, 5.41) is 4.09. The number of benzene rings is 1. The van der Waals surface area contributed by atoms with E-state index in [0.717, 1.165) is 54.6 Å². The van der Waals surface area contributed by atoms with E-state index in [1.807, 2.05) is 44.6 Å². The number of hydrogen-bond acceptors (Lipinski definition) is 5. The predicted octanol–water partition coefficient (Wildman–Crippen LogP) is 3.52. The molecule has 4 rings (SSSR count). The molecule has 0 bridgehead atoms. The first-order valence-electron chi connectivity index (χ1n) is 10.4. The van der Waals surface area contributed by atoms with Crippen molar-refractivity contribution >= 4 is 16.8 Å². The molecule has 1 aliphatic heterocycles. The first kappa shape index (κ1) is 20.4. The van der Waals surface area contributed by atoms with Crippen LogP contribution in [0.4, 0.5) is 0 Å². The molecule has 6 heteroatoms. The van der Waals surface area contributed by atoms with Gasteiger partial charge in [-0.05, 0) is 61.7 Å². The van der Waals surface area contributed by atoms with Crippen molar-refractivity contribution in [3.8, 4) is 0 Å². The molecule has 0 saturated carbocycles. The van der Waals surface area contributed by atoms with Crippen LogP contribution in [-0.4, -0.2) is 48.1 Å². The molecule has 6 nitrogen and oxygen atoms in total. The minimum Gasteiger partial charge on any atom is -0.381 e. The van der Waals surface area contributed by atoms with Gasteiger partial charge >= 0.3 is 0 Å². The number of carbonyl (C=O) groups excluding carboxylic acids is 1. The van der Waals surface area contributed by atoms with Gasteiger partial charge in [0.25, 0.3) is 5.91 Å². The summed E-state index contributed by atoms with van der Waals surface area (Å²) in [4.78, 5) is 24.0. The molecule has 1 aliphatic rings. The molecule has 1 aromatic carbocycles. The minimum atomic E-state index is -0.151. The van der Waals surface area contributed by atoms with Crippen LogP contribution in [0.15, 0.2) is 48.8 Å². The number of nitrogens with zero attached hydrogens (tertiary/aromatic N) is 3. The Hall–Kier alpha value is -2.83. The largest absolute Gasteiger partial charge is 0.381 e. The summed E-state index contributed by atoms with van der Waals surface area (Å²) < 4.78 is 5.52. The van der Waals surface area contributed by atoms with Crippen LogP contribution in [0.5, 0.6) is 0 Å². The van der Waals surface area contributed by atoms with E-state index in [1.54, 1.807) is 6.20 Å². The molecular weight excluding hydrogens is 376 g/mol. The van der Waals surface area contributed by atoms with Gasteiger partial charge in [-0.25, -0.2) is 4.98 Å². The molecule has 1 amide bonds.